The molecule has 1 fully saturated rings. The number of carbonyl (C=O) groups excluding carboxylic acids is 2. The van der Waals surface area contributed by atoms with Crippen LogP contribution in [0.15, 0.2) is 18.2 Å². The minimum atomic E-state index is -1.23. The number of hydrogen-bond acceptors (Lipinski definition) is 7. The SMILES string of the molecule is COc1ccc(F)cc1N1NOC(=O)C(=O)O1. The molecule has 1 aliphatic heterocycles. The Kier molecular flexibility index (Phi) is 2.79. The van der Waals surface area contributed by atoms with Gasteiger partial charge in [-0.3, -0.25) is 0 Å². The van der Waals surface area contributed by atoms with E-state index in [0.29, 0.717) is 5.17 Å². The molecule has 0 aliphatic carbocycles. The molecule has 90 valence electrons. The first-order chi connectivity index (χ1) is 8.11. The van der Waals surface area contributed by atoms with Crippen molar-refractivity contribution in [2.24, 2.45) is 0 Å². The van der Waals surface area contributed by atoms with Gasteiger partial charge in [-0.2, -0.15) is 0 Å². The maximum absolute atomic E-state index is 13.1. The molecule has 1 N–H and O–H groups in total. The van der Waals surface area contributed by atoms with Crippen molar-refractivity contribution in [3.05, 3.63) is 24.0 Å². The van der Waals surface area contributed by atoms with Gasteiger partial charge >= 0.3 is 11.9 Å². The van der Waals surface area contributed by atoms with Gasteiger partial charge in [0, 0.05) is 6.07 Å². The van der Waals surface area contributed by atoms with Gasteiger partial charge in [-0.15, -0.1) is 0 Å². The highest BCUT2D eigenvalue weighted by Gasteiger charge is 2.30. The van der Waals surface area contributed by atoms with E-state index >= 15 is 0 Å². The Morgan fingerprint density at radius 1 is 1.35 bits per heavy atom. The van der Waals surface area contributed by atoms with E-state index in [9.17, 15) is 14.0 Å². The van der Waals surface area contributed by atoms with Crippen LogP contribution in [0, 0.1) is 5.82 Å². The predicted octanol–water partition coefficient (Wildman–Crippen LogP) is 0.0753. The number of rotatable bonds is 2. The second-order valence-electron chi connectivity index (χ2n) is 2.97. The Morgan fingerprint density at radius 2 is 2.12 bits per heavy atom. The average Bonchev–Trinajstić information content (AvgIpc) is 2.32. The van der Waals surface area contributed by atoms with E-state index in [1.54, 1.807) is 0 Å². The summed E-state index contributed by atoms with van der Waals surface area (Å²) < 4.78 is 18.0. The molecule has 0 bridgehead atoms. The summed E-state index contributed by atoms with van der Waals surface area (Å²) in [5, 5.41) is 0.686. The molecule has 17 heavy (non-hydrogen) atoms. The van der Waals surface area contributed by atoms with Crippen LogP contribution in [0.1, 0.15) is 0 Å². The van der Waals surface area contributed by atoms with Crippen LogP contribution in [-0.2, 0) is 19.3 Å². The summed E-state index contributed by atoms with van der Waals surface area (Å²) in [6.07, 6.45) is 0. The van der Waals surface area contributed by atoms with Crippen molar-refractivity contribution >= 4 is 17.6 Å². The third-order valence-electron chi connectivity index (χ3n) is 1.92. The first kappa shape index (κ1) is 11.1. The first-order valence-electron chi connectivity index (χ1n) is 4.44. The van der Waals surface area contributed by atoms with Gasteiger partial charge in [0.1, 0.15) is 17.3 Å². The number of ether oxygens (including phenoxy) is 1. The average molecular weight is 242 g/mol. The van der Waals surface area contributed by atoms with Crippen molar-refractivity contribution in [2.75, 3.05) is 12.3 Å². The smallest absolute Gasteiger partial charge is 0.444 e. The summed E-state index contributed by atoms with van der Waals surface area (Å²) in [5.74, 6) is -2.77. The Bertz CT molecular complexity index is 478. The molecule has 7 nitrogen and oxygen atoms in total. The summed E-state index contributed by atoms with van der Waals surface area (Å²) in [6.45, 7) is 0. The van der Waals surface area contributed by atoms with Crippen molar-refractivity contribution in [2.45, 2.75) is 0 Å². The molecule has 1 aliphatic rings. The summed E-state index contributed by atoms with van der Waals surface area (Å²) >= 11 is 0. The molecule has 0 radical (unpaired) electrons. The number of hydrogen-bond donors (Lipinski definition) is 1. The lowest BCUT2D eigenvalue weighted by Crippen LogP contribution is -2.49. The zero-order chi connectivity index (χ0) is 12.4. The molecule has 1 aromatic carbocycles. The number of methoxy groups -OCH3 is 1. The van der Waals surface area contributed by atoms with Crippen LogP contribution >= 0.6 is 0 Å². The number of carbonyl (C=O) groups is 2. The Labute approximate surface area is 94.5 Å². The summed E-state index contributed by atoms with van der Waals surface area (Å²) in [6, 6.07) is 3.54. The molecule has 0 spiro atoms. The van der Waals surface area contributed by atoms with E-state index in [1.165, 1.54) is 19.2 Å². The molecule has 0 atom stereocenters. The molecule has 2 rings (SSSR count). The number of nitrogens with zero attached hydrogens (tertiary/aromatic N) is 1. The molecular weight excluding hydrogens is 235 g/mol. The number of anilines is 1. The van der Waals surface area contributed by atoms with Gasteiger partial charge < -0.3 is 14.4 Å². The summed E-state index contributed by atoms with van der Waals surface area (Å²) in [7, 11) is 1.36. The minimum Gasteiger partial charge on any atom is -0.494 e. The lowest BCUT2D eigenvalue weighted by atomic mass is 10.3. The summed E-state index contributed by atoms with van der Waals surface area (Å²) in [5.41, 5.74) is 2.06. The Hall–Kier alpha value is -2.35. The largest absolute Gasteiger partial charge is 0.494 e. The van der Waals surface area contributed by atoms with E-state index < -0.39 is 17.8 Å². The minimum absolute atomic E-state index is 0.0494. The van der Waals surface area contributed by atoms with Crippen molar-refractivity contribution in [1.29, 1.82) is 0 Å². The highest BCUT2D eigenvalue weighted by atomic mass is 19.1. The highest BCUT2D eigenvalue weighted by molar-refractivity contribution is 6.30. The fraction of sp³-hybridized carbons (Fsp3) is 0.111. The van der Waals surface area contributed by atoms with E-state index in [4.69, 9.17) is 4.74 Å². The topological polar surface area (TPSA) is 77.1 Å². The lowest BCUT2D eigenvalue weighted by molar-refractivity contribution is -0.192. The van der Waals surface area contributed by atoms with Crippen molar-refractivity contribution in [3.63, 3.8) is 0 Å². The molecular formula is C9H7FN2O5. The fourth-order valence-electron chi connectivity index (χ4n) is 1.18. The Morgan fingerprint density at radius 3 is 2.76 bits per heavy atom. The quantitative estimate of drug-likeness (QED) is 0.735. The van der Waals surface area contributed by atoms with Gasteiger partial charge in [-0.25, -0.2) is 14.0 Å². The van der Waals surface area contributed by atoms with Crippen LogP contribution < -0.4 is 15.5 Å². The monoisotopic (exact) mass is 242 g/mol. The zero-order valence-electron chi connectivity index (χ0n) is 8.60. The number of halogens is 1. The van der Waals surface area contributed by atoms with Crippen LogP contribution in [0.4, 0.5) is 10.1 Å². The van der Waals surface area contributed by atoms with Gasteiger partial charge in [-0.1, -0.05) is 5.17 Å². The molecule has 0 unspecified atom stereocenters. The van der Waals surface area contributed by atoms with Gasteiger partial charge in [0.2, 0.25) is 0 Å². The number of nitrogens with one attached hydrogen (secondary N) is 1. The van der Waals surface area contributed by atoms with Crippen LogP contribution in [-0.4, -0.2) is 19.0 Å². The van der Waals surface area contributed by atoms with Crippen LogP contribution in [0.5, 0.6) is 5.75 Å². The van der Waals surface area contributed by atoms with Gasteiger partial charge in [-0.05, 0) is 17.7 Å². The normalized spacial score (nSPS) is 15.3. The standard InChI is InChI=1S/C9H7FN2O5/c1-15-7-3-2-5(10)4-6(7)12-11-16-8(13)9(14)17-12/h2-4,11H,1H3. The first-order valence-corrected chi connectivity index (χ1v) is 4.44. The number of hydrazine groups is 1. The summed E-state index contributed by atoms with van der Waals surface area (Å²) in [4.78, 5) is 30.5. The zero-order valence-corrected chi connectivity index (χ0v) is 8.60. The Balaban J connectivity index is 2.30. The van der Waals surface area contributed by atoms with Crippen molar-refractivity contribution in [3.8, 4) is 5.75 Å². The van der Waals surface area contributed by atoms with E-state index in [0.717, 1.165) is 6.07 Å². The second kappa shape index (κ2) is 4.26. The maximum Gasteiger partial charge on any atom is 0.444 e. The third-order valence-corrected chi connectivity index (χ3v) is 1.92. The molecule has 1 aromatic rings. The molecule has 0 amide bonds. The highest BCUT2D eigenvalue weighted by Crippen LogP contribution is 2.28. The lowest BCUT2D eigenvalue weighted by Gasteiger charge is -2.26. The van der Waals surface area contributed by atoms with Gasteiger partial charge in [0.15, 0.2) is 0 Å². The third kappa shape index (κ3) is 2.11. The van der Waals surface area contributed by atoms with Crippen molar-refractivity contribution in [1.82, 2.24) is 5.59 Å². The molecule has 1 heterocycles. The second-order valence-corrected chi connectivity index (χ2v) is 2.97. The number of benzene rings is 1. The van der Waals surface area contributed by atoms with Crippen molar-refractivity contribution < 1.29 is 28.4 Å². The fourth-order valence-corrected chi connectivity index (χ4v) is 1.18. The maximum atomic E-state index is 13.1. The molecule has 8 heteroatoms. The van der Waals surface area contributed by atoms with E-state index in [2.05, 4.69) is 9.68 Å². The van der Waals surface area contributed by atoms with E-state index in [-0.39, 0.29) is 11.4 Å². The molecule has 0 saturated carbocycles. The van der Waals surface area contributed by atoms with Crippen LogP contribution in [0.3, 0.4) is 0 Å². The van der Waals surface area contributed by atoms with Crippen LogP contribution in [0.2, 0.25) is 0 Å². The molecule has 1 saturated heterocycles. The van der Waals surface area contributed by atoms with E-state index in [1.807, 2.05) is 5.59 Å². The molecule has 0 aromatic heterocycles. The van der Waals surface area contributed by atoms with Gasteiger partial charge in [0.25, 0.3) is 0 Å². The van der Waals surface area contributed by atoms with Crippen LogP contribution in [0.25, 0.3) is 0 Å². The van der Waals surface area contributed by atoms with Gasteiger partial charge in [0.05, 0.1) is 7.11 Å². The predicted molar refractivity (Wildman–Crippen MR) is 50.8 cm³/mol.